The molecule has 1 atom stereocenters. The van der Waals surface area contributed by atoms with Crippen LogP contribution in [0.25, 0.3) is 0 Å². The number of amides is 1. The molecule has 0 aromatic heterocycles. The van der Waals surface area contributed by atoms with Crippen LogP contribution in [-0.4, -0.2) is 41.8 Å². The normalized spacial score (nSPS) is 16.9. The van der Waals surface area contributed by atoms with Crippen LogP contribution in [0.3, 0.4) is 0 Å². The molecule has 0 aliphatic heterocycles. The summed E-state index contributed by atoms with van der Waals surface area (Å²) in [5, 5.41) is 0. The molecular formula is C13H23NO4. The number of nitrogens with zero attached hydrogens (tertiary/aromatic N) is 1. The third kappa shape index (κ3) is 3.89. The second-order valence-electron chi connectivity index (χ2n) is 5.57. The molecule has 1 unspecified atom stereocenters. The Labute approximate surface area is 108 Å². The molecule has 0 radical (unpaired) electrons. The van der Waals surface area contributed by atoms with Gasteiger partial charge in [-0.05, 0) is 40.0 Å². The quantitative estimate of drug-likeness (QED) is 0.725. The van der Waals surface area contributed by atoms with Gasteiger partial charge in [0.15, 0.2) is 0 Å². The second-order valence-corrected chi connectivity index (χ2v) is 5.57. The van der Waals surface area contributed by atoms with Crippen molar-refractivity contribution in [3.8, 4) is 0 Å². The molecule has 1 aliphatic carbocycles. The van der Waals surface area contributed by atoms with Crippen LogP contribution in [0.15, 0.2) is 0 Å². The van der Waals surface area contributed by atoms with E-state index in [-0.39, 0.29) is 12.0 Å². The fraction of sp³-hybridized carbons (Fsp3) is 0.846. The zero-order valence-corrected chi connectivity index (χ0v) is 11.9. The third-order valence-electron chi connectivity index (χ3n) is 2.74. The van der Waals surface area contributed by atoms with Gasteiger partial charge in [-0.3, -0.25) is 4.90 Å². The molecule has 5 heteroatoms. The molecule has 0 aromatic rings. The number of rotatable bonds is 4. The summed E-state index contributed by atoms with van der Waals surface area (Å²) < 4.78 is 10.1. The molecule has 0 heterocycles. The van der Waals surface area contributed by atoms with Crippen LogP contribution in [0.1, 0.15) is 47.0 Å². The van der Waals surface area contributed by atoms with E-state index in [9.17, 15) is 9.59 Å². The summed E-state index contributed by atoms with van der Waals surface area (Å²) in [4.78, 5) is 25.4. The Morgan fingerprint density at radius 1 is 1.33 bits per heavy atom. The van der Waals surface area contributed by atoms with Crippen LogP contribution in [0, 0.1) is 0 Å². The Morgan fingerprint density at radius 3 is 2.22 bits per heavy atom. The van der Waals surface area contributed by atoms with Crippen molar-refractivity contribution in [2.24, 2.45) is 0 Å². The fourth-order valence-corrected chi connectivity index (χ4v) is 1.81. The van der Waals surface area contributed by atoms with Crippen molar-refractivity contribution in [1.29, 1.82) is 0 Å². The first-order valence-corrected chi connectivity index (χ1v) is 6.39. The molecule has 104 valence electrons. The van der Waals surface area contributed by atoms with Crippen LogP contribution in [0.4, 0.5) is 4.79 Å². The first kappa shape index (κ1) is 14.8. The van der Waals surface area contributed by atoms with E-state index in [0.717, 1.165) is 12.8 Å². The average Bonchev–Trinajstić information content (AvgIpc) is 3.05. The Morgan fingerprint density at radius 2 is 1.89 bits per heavy atom. The molecule has 1 aliphatic rings. The van der Waals surface area contributed by atoms with Gasteiger partial charge in [0.25, 0.3) is 0 Å². The minimum absolute atomic E-state index is 0.115. The number of esters is 1. The van der Waals surface area contributed by atoms with Crippen molar-refractivity contribution in [2.45, 2.75) is 64.6 Å². The molecule has 1 amide bonds. The van der Waals surface area contributed by atoms with Crippen LogP contribution in [-0.2, 0) is 14.3 Å². The molecule has 0 N–H and O–H groups in total. The predicted octanol–water partition coefficient (Wildman–Crippen LogP) is 2.34. The van der Waals surface area contributed by atoms with Gasteiger partial charge >= 0.3 is 12.1 Å². The van der Waals surface area contributed by atoms with Crippen molar-refractivity contribution >= 4 is 12.1 Å². The number of methoxy groups -OCH3 is 1. The number of hydrogen-bond donors (Lipinski definition) is 0. The van der Waals surface area contributed by atoms with Gasteiger partial charge < -0.3 is 9.47 Å². The van der Waals surface area contributed by atoms with E-state index in [1.807, 2.05) is 27.7 Å². The molecular weight excluding hydrogens is 234 g/mol. The van der Waals surface area contributed by atoms with Crippen molar-refractivity contribution in [3.63, 3.8) is 0 Å². The molecule has 18 heavy (non-hydrogen) atoms. The number of hydrogen-bond acceptors (Lipinski definition) is 4. The Balaban J connectivity index is 2.81. The lowest BCUT2D eigenvalue weighted by Gasteiger charge is -2.31. The summed E-state index contributed by atoms with van der Waals surface area (Å²) in [7, 11) is 1.34. The zero-order valence-electron chi connectivity index (χ0n) is 11.9. The van der Waals surface area contributed by atoms with Gasteiger partial charge in [0.2, 0.25) is 0 Å². The Bertz CT molecular complexity index is 317. The Hall–Kier alpha value is -1.26. The monoisotopic (exact) mass is 257 g/mol. The van der Waals surface area contributed by atoms with Gasteiger partial charge in [-0.15, -0.1) is 0 Å². The van der Waals surface area contributed by atoms with Gasteiger partial charge in [-0.2, -0.15) is 0 Å². The summed E-state index contributed by atoms with van der Waals surface area (Å²) in [5.41, 5.74) is -0.557. The zero-order chi connectivity index (χ0) is 13.9. The predicted molar refractivity (Wildman–Crippen MR) is 67.2 cm³/mol. The highest BCUT2D eigenvalue weighted by Crippen LogP contribution is 2.31. The van der Waals surface area contributed by atoms with Crippen molar-refractivity contribution in [3.05, 3.63) is 0 Å². The maximum absolute atomic E-state index is 12.2. The molecule has 1 saturated carbocycles. The summed E-state index contributed by atoms with van der Waals surface area (Å²) >= 11 is 0. The van der Waals surface area contributed by atoms with E-state index in [1.165, 1.54) is 12.0 Å². The number of carbonyl (C=O) groups excluding carboxylic acids is 2. The second kappa shape index (κ2) is 5.59. The van der Waals surface area contributed by atoms with Crippen molar-refractivity contribution < 1.29 is 19.1 Å². The lowest BCUT2D eigenvalue weighted by atomic mass is 10.2. The summed E-state index contributed by atoms with van der Waals surface area (Å²) in [6, 6.07) is -0.429. The fourth-order valence-electron chi connectivity index (χ4n) is 1.81. The number of ether oxygens (including phenoxy) is 2. The van der Waals surface area contributed by atoms with Gasteiger partial charge in [-0.1, -0.05) is 6.92 Å². The van der Waals surface area contributed by atoms with Crippen molar-refractivity contribution in [2.75, 3.05) is 7.11 Å². The average molecular weight is 257 g/mol. The largest absolute Gasteiger partial charge is 0.467 e. The SMILES string of the molecule is CCC(C(=O)OC)N(C(=O)OC(C)(C)C)C1CC1. The van der Waals surface area contributed by atoms with Gasteiger partial charge in [0, 0.05) is 6.04 Å². The maximum Gasteiger partial charge on any atom is 0.411 e. The topological polar surface area (TPSA) is 55.8 Å². The smallest absolute Gasteiger partial charge is 0.411 e. The first-order chi connectivity index (χ1) is 8.30. The van der Waals surface area contributed by atoms with Crippen LogP contribution < -0.4 is 0 Å². The maximum atomic E-state index is 12.2. The summed E-state index contributed by atoms with van der Waals surface area (Å²) in [6.07, 6.45) is 1.95. The van der Waals surface area contributed by atoms with Crippen LogP contribution in [0.2, 0.25) is 0 Å². The van der Waals surface area contributed by atoms with E-state index in [4.69, 9.17) is 9.47 Å². The van der Waals surface area contributed by atoms with Crippen LogP contribution in [0.5, 0.6) is 0 Å². The van der Waals surface area contributed by atoms with E-state index in [2.05, 4.69) is 0 Å². The minimum atomic E-state index is -0.557. The van der Waals surface area contributed by atoms with Gasteiger partial charge in [-0.25, -0.2) is 9.59 Å². The summed E-state index contributed by atoms with van der Waals surface area (Å²) in [6.45, 7) is 7.31. The van der Waals surface area contributed by atoms with E-state index in [1.54, 1.807) is 0 Å². The van der Waals surface area contributed by atoms with Crippen LogP contribution >= 0.6 is 0 Å². The molecule has 1 fully saturated rings. The lowest BCUT2D eigenvalue weighted by molar-refractivity contribution is -0.147. The number of carbonyl (C=O) groups is 2. The third-order valence-corrected chi connectivity index (χ3v) is 2.74. The minimum Gasteiger partial charge on any atom is -0.467 e. The van der Waals surface area contributed by atoms with Gasteiger partial charge in [0.05, 0.1) is 7.11 Å². The standard InChI is InChI=1S/C13H23NO4/c1-6-10(11(15)17-5)14(9-7-8-9)12(16)18-13(2,3)4/h9-10H,6-8H2,1-5H3. The highest BCUT2D eigenvalue weighted by molar-refractivity contribution is 5.81. The highest BCUT2D eigenvalue weighted by Gasteiger charge is 2.42. The highest BCUT2D eigenvalue weighted by atomic mass is 16.6. The first-order valence-electron chi connectivity index (χ1n) is 6.39. The molecule has 0 spiro atoms. The van der Waals surface area contributed by atoms with E-state index < -0.39 is 17.7 Å². The van der Waals surface area contributed by atoms with Crippen molar-refractivity contribution in [1.82, 2.24) is 4.90 Å². The lowest BCUT2D eigenvalue weighted by Crippen LogP contribution is -2.48. The molecule has 0 aromatic carbocycles. The van der Waals surface area contributed by atoms with E-state index >= 15 is 0 Å². The van der Waals surface area contributed by atoms with Gasteiger partial charge in [0.1, 0.15) is 11.6 Å². The Kier molecular flexibility index (Phi) is 4.59. The molecule has 0 saturated heterocycles. The van der Waals surface area contributed by atoms with E-state index in [0.29, 0.717) is 6.42 Å². The molecule has 5 nitrogen and oxygen atoms in total. The summed E-state index contributed by atoms with van der Waals surface area (Å²) in [5.74, 6) is -0.379. The molecule has 0 bridgehead atoms. The molecule has 1 rings (SSSR count).